The van der Waals surface area contributed by atoms with Gasteiger partial charge in [-0.05, 0) is 34.1 Å². The van der Waals surface area contributed by atoms with Gasteiger partial charge < -0.3 is 9.47 Å². The SMILES string of the molecule is C=C(C(=O)OCCC)N(CC)C(=O)OC(C)(C)C. The molecule has 0 unspecified atom stereocenters. The number of likely N-dealkylation sites (N-methyl/N-ethyl adjacent to an activating group) is 1. The van der Waals surface area contributed by atoms with Crippen LogP contribution >= 0.6 is 0 Å². The Morgan fingerprint density at radius 2 is 1.78 bits per heavy atom. The summed E-state index contributed by atoms with van der Waals surface area (Å²) in [4.78, 5) is 24.6. The van der Waals surface area contributed by atoms with Gasteiger partial charge in [0, 0.05) is 6.54 Å². The second kappa shape index (κ2) is 7.03. The van der Waals surface area contributed by atoms with Crippen molar-refractivity contribution in [2.24, 2.45) is 0 Å². The highest BCUT2D eigenvalue weighted by molar-refractivity contribution is 5.91. The number of nitrogens with zero attached hydrogens (tertiary/aromatic N) is 1. The number of carbonyl (C=O) groups excluding carboxylic acids is 2. The zero-order valence-corrected chi connectivity index (χ0v) is 11.9. The first-order valence-electron chi connectivity index (χ1n) is 6.09. The van der Waals surface area contributed by atoms with E-state index in [-0.39, 0.29) is 5.70 Å². The standard InChI is InChI=1S/C13H23NO4/c1-7-9-17-11(15)10(3)14(8-2)12(16)18-13(4,5)6/h3,7-9H2,1-2,4-6H3. The van der Waals surface area contributed by atoms with Crippen molar-refractivity contribution in [1.29, 1.82) is 0 Å². The van der Waals surface area contributed by atoms with Crippen LogP contribution in [-0.2, 0) is 14.3 Å². The lowest BCUT2D eigenvalue weighted by Gasteiger charge is -2.26. The minimum atomic E-state index is -0.613. The van der Waals surface area contributed by atoms with E-state index in [4.69, 9.17) is 9.47 Å². The highest BCUT2D eigenvalue weighted by atomic mass is 16.6. The molecule has 0 rings (SSSR count). The third-order valence-electron chi connectivity index (χ3n) is 1.93. The van der Waals surface area contributed by atoms with E-state index in [0.29, 0.717) is 13.2 Å². The number of hydrogen-bond donors (Lipinski definition) is 0. The van der Waals surface area contributed by atoms with Gasteiger partial charge in [-0.1, -0.05) is 13.5 Å². The van der Waals surface area contributed by atoms with Crippen molar-refractivity contribution in [1.82, 2.24) is 4.90 Å². The van der Waals surface area contributed by atoms with Crippen molar-refractivity contribution in [2.45, 2.75) is 46.6 Å². The third-order valence-corrected chi connectivity index (χ3v) is 1.93. The van der Waals surface area contributed by atoms with E-state index in [1.165, 1.54) is 4.90 Å². The first-order chi connectivity index (χ1) is 8.22. The lowest BCUT2D eigenvalue weighted by molar-refractivity contribution is -0.140. The summed E-state index contributed by atoms with van der Waals surface area (Å²) in [5.74, 6) is -0.593. The Bertz CT molecular complexity index is 317. The summed E-state index contributed by atoms with van der Waals surface area (Å²) >= 11 is 0. The number of hydrogen-bond acceptors (Lipinski definition) is 4. The maximum absolute atomic E-state index is 11.8. The second-order valence-corrected chi connectivity index (χ2v) is 4.81. The van der Waals surface area contributed by atoms with Gasteiger partial charge in [-0.2, -0.15) is 0 Å². The minimum absolute atomic E-state index is 0.000185. The summed E-state index contributed by atoms with van der Waals surface area (Å²) in [6, 6.07) is 0. The average molecular weight is 257 g/mol. The molecule has 0 heterocycles. The smallest absolute Gasteiger partial charge is 0.415 e. The molecule has 0 aromatic carbocycles. The largest absolute Gasteiger partial charge is 0.461 e. The summed E-state index contributed by atoms with van der Waals surface area (Å²) in [6.45, 7) is 13.1. The fourth-order valence-electron chi connectivity index (χ4n) is 1.14. The van der Waals surface area contributed by atoms with Crippen molar-refractivity contribution in [3.63, 3.8) is 0 Å². The number of amides is 1. The monoisotopic (exact) mass is 257 g/mol. The van der Waals surface area contributed by atoms with Crippen molar-refractivity contribution >= 4 is 12.1 Å². The Morgan fingerprint density at radius 3 is 2.17 bits per heavy atom. The van der Waals surface area contributed by atoms with Gasteiger partial charge in [0.2, 0.25) is 0 Å². The molecule has 0 aromatic rings. The summed E-state index contributed by atoms with van der Waals surface area (Å²) in [7, 11) is 0. The van der Waals surface area contributed by atoms with Crippen molar-refractivity contribution in [2.75, 3.05) is 13.2 Å². The van der Waals surface area contributed by atoms with E-state index in [2.05, 4.69) is 6.58 Å². The van der Waals surface area contributed by atoms with E-state index in [1.54, 1.807) is 27.7 Å². The number of esters is 1. The molecule has 104 valence electrons. The van der Waals surface area contributed by atoms with Crippen LogP contribution < -0.4 is 0 Å². The van der Waals surface area contributed by atoms with Crippen LogP contribution in [0.2, 0.25) is 0 Å². The molecule has 5 nitrogen and oxygen atoms in total. The Kier molecular flexibility index (Phi) is 6.44. The van der Waals surface area contributed by atoms with Gasteiger partial charge in [0.1, 0.15) is 11.3 Å². The van der Waals surface area contributed by atoms with Gasteiger partial charge in [-0.25, -0.2) is 9.59 Å². The zero-order chi connectivity index (χ0) is 14.3. The summed E-state index contributed by atoms with van der Waals surface area (Å²) in [5, 5.41) is 0. The number of rotatable bonds is 5. The van der Waals surface area contributed by atoms with Gasteiger partial charge in [0.15, 0.2) is 0 Å². The molecule has 0 atom stereocenters. The highest BCUT2D eigenvalue weighted by Crippen LogP contribution is 2.13. The maximum atomic E-state index is 11.8. The first-order valence-corrected chi connectivity index (χ1v) is 6.09. The molecule has 0 spiro atoms. The maximum Gasteiger partial charge on any atom is 0.415 e. The minimum Gasteiger partial charge on any atom is -0.461 e. The predicted molar refractivity (Wildman–Crippen MR) is 69.0 cm³/mol. The van der Waals surface area contributed by atoms with Crippen LogP contribution in [0.1, 0.15) is 41.0 Å². The van der Waals surface area contributed by atoms with Crippen molar-refractivity contribution in [3.05, 3.63) is 12.3 Å². The Morgan fingerprint density at radius 1 is 1.22 bits per heavy atom. The molecule has 0 aliphatic heterocycles. The van der Waals surface area contributed by atoms with E-state index >= 15 is 0 Å². The summed E-state index contributed by atoms with van der Waals surface area (Å²) in [5.41, 5.74) is -0.613. The van der Waals surface area contributed by atoms with E-state index in [9.17, 15) is 9.59 Å². The number of ether oxygens (including phenoxy) is 2. The molecule has 0 aliphatic rings. The van der Waals surface area contributed by atoms with Crippen molar-refractivity contribution < 1.29 is 19.1 Å². The lowest BCUT2D eigenvalue weighted by atomic mass is 10.2. The van der Waals surface area contributed by atoms with Crippen LogP contribution in [0, 0.1) is 0 Å². The molecular weight excluding hydrogens is 234 g/mol. The molecule has 0 N–H and O–H groups in total. The van der Waals surface area contributed by atoms with Crippen LogP contribution in [-0.4, -0.2) is 35.7 Å². The second-order valence-electron chi connectivity index (χ2n) is 4.81. The Hall–Kier alpha value is -1.52. The molecule has 0 fully saturated rings. The van der Waals surface area contributed by atoms with Crippen LogP contribution in [0.3, 0.4) is 0 Å². The van der Waals surface area contributed by atoms with E-state index in [1.807, 2.05) is 6.92 Å². The van der Waals surface area contributed by atoms with Gasteiger partial charge in [0.05, 0.1) is 6.61 Å². The Balaban J connectivity index is 4.62. The van der Waals surface area contributed by atoms with E-state index in [0.717, 1.165) is 6.42 Å². The molecule has 18 heavy (non-hydrogen) atoms. The van der Waals surface area contributed by atoms with Crippen LogP contribution in [0.25, 0.3) is 0 Å². The molecule has 0 saturated heterocycles. The van der Waals surface area contributed by atoms with Crippen molar-refractivity contribution in [3.8, 4) is 0 Å². The quantitative estimate of drug-likeness (QED) is 0.561. The normalized spacial score (nSPS) is 10.7. The van der Waals surface area contributed by atoms with Gasteiger partial charge in [-0.15, -0.1) is 0 Å². The third kappa shape index (κ3) is 5.70. The fraction of sp³-hybridized carbons (Fsp3) is 0.692. The van der Waals surface area contributed by atoms with Gasteiger partial charge in [-0.3, -0.25) is 4.90 Å². The summed E-state index contributed by atoms with van der Waals surface area (Å²) < 4.78 is 10.1. The van der Waals surface area contributed by atoms with Crippen LogP contribution in [0.5, 0.6) is 0 Å². The topological polar surface area (TPSA) is 55.8 Å². The highest BCUT2D eigenvalue weighted by Gasteiger charge is 2.26. The van der Waals surface area contributed by atoms with Gasteiger partial charge in [0.25, 0.3) is 0 Å². The Labute approximate surface area is 109 Å². The number of carbonyl (C=O) groups is 2. The molecular formula is C13H23NO4. The molecule has 1 amide bonds. The fourth-order valence-corrected chi connectivity index (χ4v) is 1.14. The van der Waals surface area contributed by atoms with Crippen LogP contribution in [0.15, 0.2) is 12.3 Å². The molecule has 5 heteroatoms. The molecule has 0 aliphatic carbocycles. The first kappa shape index (κ1) is 16.5. The average Bonchev–Trinajstić information content (AvgIpc) is 2.24. The molecule has 0 saturated carbocycles. The predicted octanol–water partition coefficient (Wildman–Crippen LogP) is 2.71. The molecule has 0 bridgehead atoms. The lowest BCUT2D eigenvalue weighted by Crippen LogP contribution is -2.38. The van der Waals surface area contributed by atoms with Gasteiger partial charge >= 0.3 is 12.1 Å². The zero-order valence-electron chi connectivity index (χ0n) is 11.9. The molecule has 0 aromatic heterocycles. The molecule has 0 radical (unpaired) electrons. The summed E-state index contributed by atoms with van der Waals surface area (Å²) in [6.07, 6.45) is 0.126. The van der Waals surface area contributed by atoms with E-state index < -0.39 is 17.7 Å². The van der Waals surface area contributed by atoms with Crippen LogP contribution in [0.4, 0.5) is 4.79 Å².